The lowest BCUT2D eigenvalue weighted by Gasteiger charge is -2.05. The van der Waals surface area contributed by atoms with Gasteiger partial charge in [0.25, 0.3) is 0 Å². The summed E-state index contributed by atoms with van der Waals surface area (Å²) in [6, 6.07) is 12.5. The maximum atomic E-state index is 5.70. The summed E-state index contributed by atoms with van der Waals surface area (Å²) in [5.74, 6) is 1.81. The van der Waals surface area contributed by atoms with Crippen molar-refractivity contribution in [3.05, 3.63) is 58.0 Å². The highest BCUT2D eigenvalue weighted by atomic mass is 79.9. The second-order valence-electron chi connectivity index (χ2n) is 5.03. The Kier molecular flexibility index (Phi) is 5.83. The summed E-state index contributed by atoms with van der Waals surface area (Å²) in [4.78, 5) is 0. The molecule has 0 bridgehead atoms. The number of halogens is 1. The van der Waals surface area contributed by atoms with Crippen LogP contribution < -0.4 is 5.32 Å². The SMILES string of the molecule is CC(C)NCc1ccc(COCc2cccc(Br)c2)o1. The van der Waals surface area contributed by atoms with Crippen LogP contribution in [0.1, 0.15) is 30.9 Å². The van der Waals surface area contributed by atoms with E-state index in [2.05, 4.69) is 41.2 Å². The van der Waals surface area contributed by atoms with Crippen LogP contribution in [0.3, 0.4) is 0 Å². The lowest BCUT2D eigenvalue weighted by molar-refractivity contribution is 0.0919. The fourth-order valence-corrected chi connectivity index (χ4v) is 2.24. The number of benzene rings is 1. The average molecular weight is 338 g/mol. The van der Waals surface area contributed by atoms with E-state index in [4.69, 9.17) is 9.15 Å². The summed E-state index contributed by atoms with van der Waals surface area (Å²) in [6.07, 6.45) is 0. The number of rotatable bonds is 7. The van der Waals surface area contributed by atoms with E-state index >= 15 is 0 Å². The van der Waals surface area contributed by atoms with Gasteiger partial charge >= 0.3 is 0 Å². The molecule has 0 saturated carbocycles. The first-order chi connectivity index (χ1) is 9.63. The zero-order valence-corrected chi connectivity index (χ0v) is 13.4. The van der Waals surface area contributed by atoms with Gasteiger partial charge in [0.15, 0.2) is 0 Å². The van der Waals surface area contributed by atoms with Crippen LogP contribution in [0.2, 0.25) is 0 Å². The summed E-state index contributed by atoms with van der Waals surface area (Å²) >= 11 is 3.45. The fourth-order valence-electron chi connectivity index (χ4n) is 1.80. The molecule has 1 N–H and O–H groups in total. The first-order valence-corrected chi connectivity index (χ1v) is 7.56. The van der Waals surface area contributed by atoms with Crippen LogP contribution >= 0.6 is 15.9 Å². The molecule has 0 unspecified atom stereocenters. The number of hydrogen-bond acceptors (Lipinski definition) is 3. The highest BCUT2D eigenvalue weighted by Gasteiger charge is 2.03. The zero-order chi connectivity index (χ0) is 14.4. The largest absolute Gasteiger partial charge is 0.462 e. The van der Waals surface area contributed by atoms with Gasteiger partial charge in [-0.15, -0.1) is 0 Å². The van der Waals surface area contributed by atoms with Gasteiger partial charge < -0.3 is 14.5 Å². The molecule has 0 amide bonds. The van der Waals surface area contributed by atoms with Gasteiger partial charge in [0.1, 0.15) is 18.1 Å². The molecule has 0 fully saturated rings. The molecule has 4 heteroatoms. The Labute approximate surface area is 128 Å². The van der Waals surface area contributed by atoms with Gasteiger partial charge in [-0.2, -0.15) is 0 Å². The van der Waals surface area contributed by atoms with Gasteiger partial charge in [-0.25, -0.2) is 0 Å². The van der Waals surface area contributed by atoms with Crippen molar-refractivity contribution >= 4 is 15.9 Å². The molecule has 20 heavy (non-hydrogen) atoms. The van der Waals surface area contributed by atoms with E-state index in [-0.39, 0.29) is 0 Å². The predicted molar refractivity (Wildman–Crippen MR) is 83.3 cm³/mol. The van der Waals surface area contributed by atoms with Crippen LogP contribution in [-0.4, -0.2) is 6.04 Å². The molecular weight excluding hydrogens is 318 g/mol. The van der Waals surface area contributed by atoms with Crippen molar-refractivity contribution in [3.8, 4) is 0 Å². The lowest BCUT2D eigenvalue weighted by atomic mass is 10.2. The molecule has 0 atom stereocenters. The molecule has 0 aliphatic carbocycles. The predicted octanol–water partition coefficient (Wildman–Crippen LogP) is 4.26. The van der Waals surface area contributed by atoms with Crippen molar-refractivity contribution in [2.45, 2.75) is 39.6 Å². The Morgan fingerprint density at radius 2 is 1.95 bits per heavy atom. The van der Waals surface area contributed by atoms with Gasteiger partial charge in [0, 0.05) is 10.5 Å². The maximum absolute atomic E-state index is 5.70. The first kappa shape index (κ1) is 15.3. The van der Waals surface area contributed by atoms with Gasteiger partial charge in [-0.3, -0.25) is 0 Å². The molecular formula is C16H20BrNO2. The number of hydrogen-bond donors (Lipinski definition) is 1. The van der Waals surface area contributed by atoms with Crippen LogP contribution in [0.15, 0.2) is 45.3 Å². The molecule has 1 aromatic heterocycles. The monoisotopic (exact) mass is 337 g/mol. The molecule has 0 spiro atoms. The average Bonchev–Trinajstić information content (AvgIpc) is 2.84. The summed E-state index contributed by atoms with van der Waals surface area (Å²) < 4.78 is 12.4. The van der Waals surface area contributed by atoms with Gasteiger partial charge in [0.05, 0.1) is 13.2 Å². The summed E-state index contributed by atoms with van der Waals surface area (Å²) in [5, 5.41) is 3.32. The standard InChI is InChI=1S/C16H20BrNO2/c1-12(2)18-9-15-6-7-16(20-15)11-19-10-13-4-3-5-14(17)8-13/h3-8,12,18H,9-11H2,1-2H3. The molecule has 108 valence electrons. The van der Waals surface area contributed by atoms with Crippen molar-refractivity contribution in [2.75, 3.05) is 0 Å². The third-order valence-electron chi connectivity index (χ3n) is 2.80. The minimum absolute atomic E-state index is 0.455. The molecule has 1 heterocycles. The second-order valence-corrected chi connectivity index (χ2v) is 5.94. The molecule has 0 aliphatic heterocycles. The minimum atomic E-state index is 0.455. The summed E-state index contributed by atoms with van der Waals surface area (Å²) in [6.45, 7) is 6.06. The van der Waals surface area contributed by atoms with Crippen LogP contribution in [0.5, 0.6) is 0 Å². The Morgan fingerprint density at radius 1 is 1.15 bits per heavy atom. The van der Waals surface area contributed by atoms with E-state index in [1.165, 1.54) is 0 Å². The number of ether oxygens (including phenoxy) is 1. The van der Waals surface area contributed by atoms with Gasteiger partial charge in [-0.1, -0.05) is 41.9 Å². The van der Waals surface area contributed by atoms with Gasteiger partial charge in [0.2, 0.25) is 0 Å². The van der Waals surface area contributed by atoms with E-state index < -0.39 is 0 Å². The van der Waals surface area contributed by atoms with Gasteiger partial charge in [-0.05, 0) is 29.8 Å². The van der Waals surface area contributed by atoms with E-state index in [1.54, 1.807) is 0 Å². The van der Waals surface area contributed by atoms with E-state index in [0.717, 1.165) is 28.1 Å². The number of furan rings is 1. The third kappa shape index (κ3) is 5.12. The molecule has 1 aromatic carbocycles. The molecule has 0 saturated heterocycles. The Balaban J connectivity index is 1.77. The summed E-state index contributed by atoms with van der Waals surface area (Å²) in [7, 11) is 0. The molecule has 0 radical (unpaired) electrons. The Morgan fingerprint density at radius 3 is 2.70 bits per heavy atom. The topological polar surface area (TPSA) is 34.4 Å². The van der Waals surface area contributed by atoms with Crippen molar-refractivity contribution in [2.24, 2.45) is 0 Å². The zero-order valence-electron chi connectivity index (χ0n) is 11.9. The van der Waals surface area contributed by atoms with Crippen LogP contribution in [0, 0.1) is 0 Å². The third-order valence-corrected chi connectivity index (χ3v) is 3.30. The number of nitrogens with one attached hydrogen (secondary N) is 1. The van der Waals surface area contributed by atoms with Crippen molar-refractivity contribution in [1.82, 2.24) is 5.32 Å². The molecule has 0 aliphatic rings. The van der Waals surface area contributed by atoms with Crippen LogP contribution in [-0.2, 0) is 24.5 Å². The highest BCUT2D eigenvalue weighted by Crippen LogP contribution is 2.14. The second kappa shape index (κ2) is 7.62. The molecule has 2 rings (SSSR count). The van der Waals surface area contributed by atoms with E-state index in [0.29, 0.717) is 19.3 Å². The Hall–Kier alpha value is -1.10. The van der Waals surface area contributed by atoms with Crippen molar-refractivity contribution in [1.29, 1.82) is 0 Å². The highest BCUT2D eigenvalue weighted by molar-refractivity contribution is 9.10. The summed E-state index contributed by atoms with van der Waals surface area (Å²) in [5.41, 5.74) is 1.15. The van der Waals surface area contributed by atoms with E-state index in [1.807, 2.05) is 30.3 Å². The first-order valence-electron chi connectivity index (χ1n) is 6.76. The maximum Gasteiger partial charge on any atom is 0.129 e. The van der Waals surface area contributed by atoms with Crippen LogP contribution in [0.4, 0.5) is 0 Å². The Bertz CT molecular complexity index is 537. The quantitative estimate of drug-likeness (QED) is 0.819. The normalized spacial score (nSPS) is 11.2. The lowest BCUT2D eigenvalue weighted by Crippen LogP contribution is -2.21. The smallest absolute Gasteiger partial charge is 0.129 e. The molecule has 3 nitrogen and oxygen atoms in total. The van der Waals surface area contributed by atoms with Crippen LogP contribution in [0.25, 0.3) is 0 Å². The minimum Gasteiger partial charge on any atom is -0.462 e. The van der Waals surface area contributed by atoms with Crippen molar-refractivity contribution < 1.29 is 9.15 Å². The fraction of sp³-hybridized carbons (Fsp3) is 0.375. The molecule has 2 aromatic rings. The van der Waals surface area contributed by atoms with E-state index in [9.17, 15) is 0 Å². The van der Waals surface area contributed by atoms with Crippen molar-refractivity contribution in [3.63, 3.8) is 0 Å².